The van der Waals surface area contributed by atoms with E-state index in [4.69, 9.17) is 0 Å². The number of piperazine rings is 1. The van der Waals surface area contributed by atoms with E-state index in [1.54, 1.807) is 17.0 Å². The van der Waals surface area contributed by atoms with Crippen LogP contribution < -0.4 is 0 Å². The topological polar surface area (TPSA) is 91.8 Å². The summed E-state index contributed by atoms with van der Waals surface area (Å²) in [6.07, 6.45) is 1.08. The third kappa shape index (κ3) is 3.32. The first-order valence-electron chi connectivity index (χ1n) is 8.06. The predicted octanol–water partition coefficient (Wildman–Crippen LogP) is 0.186. The van der Waals surface area contributed by atoms with Gasteiger partial charge in [-0.05, 0) is 31.0 Å². The summed E-state index contributed by atoms with van der Waals surface area (Å²) in [5.74, 6) is -0.664. The van der Waals surface area contributed by atoms with Crippen LogP contribution >= 0.6 is 0 Å². The van der Waals surface area contributed by atoms with Crippen molar-refractivity contribution in [2.45, 2.75) is 25.9 Å². The van der Waals surface area contributed by atoms with Gasteiger partial charge in [0.15, 0.2) is 9.84 Å². The van der Waals surface area contributed by atoms with Gasteiger partial charge in [0.2, 0.25) is 10.0 Å². The molecule has 25 heavy (non-hydrogen) atoms. The molecular weight excluding hydrogens is 364 g/mol. The lowest BCUT2D eigenvalue weighted by Crippen LogP contribution is -2.61. The molecule has 0 saturated carbocycles. The Bertz CT molecular complexity index is 924. The Morgan fingerprint density at radius 1 is 1.12 bits per heavy atom. The number of carbonyl (C=O) groups is 1. The molecule has 3 rings (SSSR count). The van der Waals surface area contributed by atoms with Crippen LogP contribution in [0.5, 0.6) is 0 Å². The van der Waals surface area contributed by atoms with Crippen LogP contribution in [0.2, 0.25) is 0 Å². The van der Waals surface area contributed by atoms with Gasteiger partial charge in [0.05, 0.1) is 29.8 Å². The molecule has 0 N–H and O–H groups in total. The summed E-state index contributed by atoms with van der Waals surface area (Å²) >= 11 is 0. The maximum absolute atomic E-state index is 13.0. The van der Waals surface area contributed by atoms with Crippen LogP contribution in [-0.2, 0) is 19.9 Å². The summed E-state index contributed by atoms with van der Waals surface area (Å²) in [7, 11) is -6.92. The van der Waals surface area contributed by atoms with E-state index in [1.165, 1.54) is 4.31 Å². The summed E-state index contributed by atoms with van der Waals surface area (Å²) in [5, 5.41) is 0. The highest BCUT2D eigenvalue weighted by molar-refractivity contribution is 7.92. The molecule has 7 nitrogen and oxygen atoms in total. The third-order valence-electron chi connectivity index (χ3n) is 5.15. The first-order valence-corrected chi connectivity index (χ1v) is 11.7. The van der Waals surface area contributed by atoms with Gasteiger partial charge in [0, 0.05) is 18.7 Å². The van der Waals surface area contributed by atoms with Crippen molar-refractivity contribution in [3.63, 3.8) is 0 Å². The van der Waals surface area contributed by atoms with Crippen molar-refractivity contribution in [1.29, 1.82) is 0 Å². The van der Waals surface area contributed by atoms with E-state index in [9.17, 15) is 21.6 Å². The number of fused-ring (bicyclic) bond motifs is 1. The molecule has 1 aromatic carbocycles. The van der Waals surface area contributed by atoms with Crippen molar-refractivity contribution in [1.82, 2.24) is 9.21 Å². The van der Waals surface area contributed by atoms with E-state index in [1.807, 2.05) is 19.9 Å². The van der Waals surface area contributed by atoms with E-state index in [2.05, 4.69) is 0 Å². The van der Waals surface area contributed by atoms with E-state index in [0.717, 1.165) is 17.4 Å². The average molecular weight is 386 g/mol. The van der Waals surface area contributed by atoms with Gasteiger partial charge in [-0.25, -0.2) is 16.8 Å². The van der Waals surface area contributed by atoms with Gasteiger partial charge in [-0.3, -0.25) is 4.79 Å². The molecule has 2 heterocycles. The molecule has 2 saturated heterocycles. The van der Waals surface area contributed by atoms with Gasteiger partial charge in [-0.15, -0.1) is 0 Å². The number of sulfone groups is 1. The first-order chi connectivity index (χ1) is 11.5. The molecule has 0 unspecified atom stereocenters. The number of benzene rings is 1. The van der Waals surface area contributed by atoms with Crippen molar-refractivity contribution in [3.05, 3.63) is 34.9 Å². The van der Waals surface area contributed by atoms with E-state index in [-0.39, 0.29) is 30.5 Å². The number of carbonyl (C=O) groups excluding carboxylic acids is 1. The smallest absolute Gasteiger partial charge is 0.254 e. The number of rotatable bonds is 2. The van der Waals surface area contributed by atoms with Gasteiger partial charge in [-0.2, -0.15) is 4.31 Å². The first kappa shape index (κ1) is 18.3. The molecule has 2 fully saturated rings. The number of nitrogens with zero attached hydrogens (tertiary/aromatic N) is 2. The molecular formula is C16H22N2O5S2. The molecule has 9 heteroatoms. The molecule has 2 atom stereocenters. The monoisotopic (exact) mass is 386 g/mol. The number of amides is 1. The fraction of sp³-hybridized carbons (Fsp3) is 0.562. The van der Waals surface area contributed by atoms with Gasteiger partial charge >= 0.3 is 0 Å². The van der Waals surface area contributed by atoms with Crippen LogP contribution in [0.1, 0.15) is 21.5 Å². The van der Waals surface area contributed by atoms with Crippen LogP contribution in [0.3, 0.4) is 0 Å². The van der Waals surface area contributed by atoms with Crippen molar-refractivity contribution < 1.29 is 21.6 Å². The van der Waals surface area contributed by atoms with Crippen molar-refractivity contribution >= 4 is 25.8 Å². The maximum Gasteiger partial charge on any atom is 0.254 e. The van der Waals surface area contributed by atoms with Crippen LogP contribution in [0, 0.1) is 13.8 Å². The zero-order valence-corrected chi connectivity index (χ0v) is 16.1. The zero-order valence-electron chi connectivity index (χ0n) is 14.5. The highest BCUT2D eigenvalue weighted by atomic mass is 32.2. The number of aryl methyl sites for hydroxylation is 1. The Balaban J connectivity index is 1.99. The number of hydrogen-bond donors (Lipinski definition) is 0. The average Bonchev–Trinajstić information content (AvgIpc) is 2.81. The molecule has 0 spiro atoms. The molecule has 138 valence electrons. The second-order valence-corrected chi connectivity index (χ2v) is 10.9. The Kier molecular flexibility index (Phi) is 4.45. The minimum Gasteiger partial charge on any atom is -0.332 e. The van der Waals surface area contributed by atoms with Crippen LogP contribution in [0.4, 0.5) is 0 Å². The highest BCUT2D eigenvalue weighted by Gasteiger charge is 2.50. The minimum atomic E-state index is -3.53. The van der Waals surface area contributed by atoms with Gasteiger partial charge in [0.25, 0.3) is 5.91 Å². The molecule has 0 bridgehead atoms. The normalized spacial score (nSPS) is 26.4. The van der Waals surface area contributed by atoms with Crippen LogP contribution in [0.25, 0.3) is 0 Å². The number of sulfonamides is 1. The van der Waals surface area contributed by atoms with Crippen LogP contribution in [-0.4, -0.2) is 74.9 Å². The standard InChI is InChI=1S/C16H22N2O5S2/c1-11-5-4-6-13(12(11)2)16(19)17-7-8-18(24(3,20)21)15-10-25(22,23)9-14(15)17/h4-6,14-15H,7-10H2,1-3H3/t14-,15+/m0/s1. The third-order valence-corrected chi connectivity index (χ3v) is 8.15. The summed E-state index contributed by atoms with van der Waals surface area (Å²) in [5.41, 5.74) is 2.38. The largest absolute Gasteiger partial charge is 0.332 e. The molecule has 1 amide bonds. The lowest BCUT2D eigenvalue weighted by molar-refractivity contribution is 0.0515. The Morgan fingerprint density at radius 2 is 1.76 bits per heavy atom. The van der Waals surface area contributed by atoms with Gasteiger partial charge in [-0.1, -0.05) is 12.1 Å². The van der Waals surface area contributed by atoms with Crippen molar-refractivity contribution in [2.24, 2.45) is 0 Å². The predicted molar refractivity (Wildman–Crippen MR) is 94.7 cm³/mol. The minimum absolute atomic E-state index is 0.117. The highest BCUT2D eigenvalue weighted by Crippen LogP contribution is 2.30. The van der Waals surface area contributed by atoms with Crippen LogP contribution in [0.15, 0.2) is 18.2 Å². The fourth-order valence-electron chi connectivity index (χ4n) is 3.72. The quantitative estimate of drug-likeness (QED) is 0.723. The second kappa shape index (κ2) is 6.07. The lowest BCUT2D eigenvalue weighted by Gasteiger charge is -2.42. The van der Waals surface area contributed by atoms with Crippen molar-refractivity contribution in [3.8, 4) is 0 Å². The zero-order chi connectivity index (χ0) is 18.6. The second-order valence-electron chi connectivity index (χ2n) is 6.83. The molecule has 2 aliphatic rings. The summed E-state index contributed by atoms with van der Waals surface area (Å²) in [6.45, 7) is 4.08. The van der Waals surface area contributed by atoms with Crippen molar-refractivity contribution in [2.75, 3.05) is 30.9 Å². The summed E-state index contributed by atoms with van der Waals surface area (Å²) in [4.78, 5) is 14.6. The summed E-state index contributed by atoms with van der Waals surface area (Å²) in [6, 6.07) is 4.09. The Labute approximate surface area is 148 Å². The molecule has 2 aliphatic heterocycles. The Morgan fingerprint density at radius 3 is 2.40 bits per heavy atom. The SMILES string of the molecule is Cc1cccc(C(=O)N2CCN(S(C)(=O)=O)[C@@H]3CS(=O)(=O)C[C@@H]32)c1C. The maximum atomic E-state index is 13.0. The summed E-state index contributed by atoms with van der Waals surface area (Å²) < 4.78 is 49.5. The van der Waals surface area contributed by atoms with E-state index >= 15 is 0 Å². The molecule has 1 aromatic rings. The molecule has 0 aromatic heterocycles. The Hall–Kier alpha value is -1.45. The molecule has 0 radical (unpaired) electrons. The molecule has 0 aliphatic carbocycles. The number of hydrogen-bond acceptors (Lipinski definition) is 5. The van der Waals surface area contributed by atoms with E-state index < -0.39 is 31.9 Å². The van der Waals surface area contributed by atoms with Gasteiger partial charge < -0.3 is 4.90 Å². The fourth-order valence-corrected chi connectivity index (χ4v) is 6.92. The van der Waals surface area contributed by atoms with E-state index in [0.29, 0.717) is 5.56 Å². The van der Waals surface area contributed by atoms with Gasteiger partial charge in [0.1, 0.15) is 0 Å². The lowest BCUT2D eigenvalue weighted by atomic mass is 10.00.